The Morgan fingerprint density at radius 3 is 2.86 bits per heavy atom. The highest BCUT2D eigenvalue weighted by atomic mass is 35.5. The summed E-state index contributed by atoms with van der Waals surface area (Å²) >= 11 is 5.90. The normalized spacial score (nSPS) is 10.7. The summed E-state index contributed by atoms with van der Waals surface area (Å²) in [5, 5.41) is 12.9. The predicted molar refractivity (Wildman–Crippen MR) is 80.6 cm³/mol. The van der Waals surface area contributed by atoms with E-state index < -0.39 is 0 Å². The molecule has 0 aliphatic carbocycles. The number of carbonyl (C=O) groups is 1. The van der Waals surface area contributed by atoms with Crippen LogP contribution in [0.3, 0.4) is 0 Å². The van der Waals surface area contributed by atoms with E-state index in [1.807, 2.05) is 0 Å². The van der Waals surface area contributed by atoms with Crippen LogP contribution in [-0.4, -0.2) is 20.4 Å². The van der Waals surface area contributed by atoms with Crippen molar-refractivity contribution < 1.29 is 9.90 Å². The maximum Gasteiger partial charge on any atom is 0.230 e. The Morgan fingerprint density at radius 1 is 1.24 bits per heavy atom. The minimum Gasteiger partial charge on any atom is -0.506 e. The smallest absolute Gasteiger partial charge is 0.230 e. The summed E-state index contributed by atoms with van der Waals surface area (Å²) in [5.41, 5.74) is 1.74. The van der Waals surface area contributed by atoms with Gasteiger partial charge in [0.1, 0.15) is 11.4 Å². The van der Waals surface area contributed by atoms with Gasteiger partial charge in [0.15, 0.2) is 0 Å². The molecule has 0 atom stereocenters. The zero-order chi connectivity index (χ0) is 14.8. The summed E-state index contributed by atoms with van der Waals surface area (Å²) in [4.78, 5) is 16.3. The molecule has 106 valence electrons. The number of aromatic nitrogens is 2. The molecule has 0 bridgehead atoms. The van der Waals surface area contributed by atoms with E-state index in [0.29, 0.717) is 16.4 Å². The SMILES string of the molecule is O=C(Cc1cn2cc(Cl)ccc2n1)Nc1ccccc1O. The molecule has 2 heterocycles. The number of hydrogen-bond donors (Lipinski definition) is 2. The van der Waals surface area contributed by atoms with Gasteiger partial charge in [0.05, 0.1) is 22.8 Å². The molecule has 3 aromatic rings. The molecule has 0 spiro atoms. The van der Waals surface area contributed by atoms with Crippen LogP contribution < -0.4 is 5.32 Å². The van der Waals surface area contributed by atoms with Crippen molar-refractivity contribution in [2.75, 3.05) is 5.32 Å². The summed E-state index contributed by atoms with van der Waals surface area (Å²) in [6.07, 6.45) is 3.60. The van der Waals surface area contributed by atoms with Gasteiger partial charge in [0, 0.05) is 12.4 Å². The van der Waals surface area contributed by atoms with Gasteiger partial charge < -0.3 is 14.8 Å². The number of phenolic OH excluding ortho intramolecular Hbond substituents is 1. The third kappa shape index (κ3) is 2.98. The van der Waals surface area contributed by atoms with Crippen LogP contribution in [0.15, 0.2) is 48.8 Å². The molecule has 0 radical (unpaired) electrons. The van der Waals surface area contributed by atoms with Gasteiger partial charge in [-0.2, -0.15) is 0 Å². The molecule has 0 fully saturated rings. The standard InChI is InChI=1S/C15H12ClN3O2/c16-10-5-6-14-17-11(9-19(14)8-10)7-15(21)18-12-3-1-2-4-13(12)20/h1-6,8-9,20H,7H2,(H,18,21). The number of para-hydroxylation sites is 2. The van der Waals surface area contributed by atoms with Gasteiger partial charge in [-0.15, -0.1) is 0 Å². The highest BCUT2D eigenvalue weighted by molar-refractivity contribution is 6.30. The summed E-state index contributed by atoms with van der Waals surface area (Å²) in [6.45, 7) is 0. The summed E-state index contributed by atoms with van der Waals surface area (Å²) in [7, 11) is 0. The average Bonchev–Trinajstić information content (AvgIpc) is 2.82. The van der Waals surface area contributed by atoms with Crippen molar-refractivity contribution in [3.05, 3.63) is 59.5 Å². The van der Waals surface area contributed by atoms with Crippen molar-refractivity contribution in [3.8, 4) is 5.75 Å². The third-order valence-electron chi connectivity index (χ3n) is 2.98. The minimum absolute atomic E-state index is 0.0348. The summed E-state index contributed by atoms with van der Waals surface area (Å²) in [5.74, 6) is -0.210. The first-order valence-corrected chi connectivity index (χ1v) is 6.70. The number of fused-ring (bicyclic) bond motifs is 1. The Labute approximate surface area is 125 Å². The first kappa shape index (κ1) is 13.5. The Morgan fingerprint density at radius 2 is 2.05 bits per heavy atom. The molecule has 5 nitrogen and oxygen atoms in total. The lowest BCUT2D eigenvalue weighted by molar-refractivity contribution is -0.115. The fourth-order valence-corrected chi connectivity index (χ4v) is 2.21. The second kappa shape index (κ2) is 5.46. The number of nitrogens with one attached hydrogen (secondary N) is 1. The van der Waals surface area contributed by atoms with Crippen LogP contribution >= 0.6 is 11.6 Å². The van der Waals surface area contributed by atoms with Crippen LogP contribution in [0.4, 0.5) is 5.69 Å². The van der Waals surface area contributed by atoms with E-state index in [1.54, 1.807) is 47.1 Å². The quantitative estimate of drug-likeness (QED) is 0.731. The number of amides is 1. The molecule has 3 rings (SSSR count). The van der Waals surface area contributed by atoms with Crippen LogP contribution in [0.25, 0.3) is 5.65 Å². The van der Waals surface area contributed by atoms with E-state index >= 15 is 0 Å². The van der Waals surface area contributed by atoms with Gasteiger partial charge >= 0.3 is 0 Å². The minimum atomic E-state index is -0.244. The Hall–Kier alpha value is -2.53. The van der Waals surface area contributed by atoms with Gasteiger partial charge in [0.25, 0.3) is 0 Å². The topological polar surface area (TPSA) is 66.6 Å². The lowest BCUT2D eigenvalue weighted by Crippen LogP contribution is -2.14. The van der Waals surface area contributed by atoms with Crippen LogP contribution in [0.2, 0.25) is 5.02 Å². The number of hydrogen-bond acceptors (Lipinski definition) is 3. The highest BCUT2D eigenvalue weighted by Crippen LogP contribution is 2.21. The number of carbonyl (C=O) groups excluding carboxylic acids is 1. The summed E-state index contributed by atoms with van der Waals surface area (Å²) in [6, 6.07) is 10.1. The van der Waals surface area contributed by atoms with Gasteiger partial charge in [-0.05, 0) is 24.3 Å². The van der Waals surface area contributed by atoms with Gasteiger partial charge in [-0.1, -0.05) is 23.7 Å². The molecule has 1 aromatic carbocycles. The van der Waals surface area contributed by atoms with Gasteiger partial charge in [0.2, 0.25) is 5.91 Å². The van der Waals surface area contributed by atoms with E-state index in [9.17, 15) is 9.90 Å². The molecule has 21 heavy (non-hydrogen) atoms. The number of aromatic hydroxyl groups is 1. The molecule has 1 amide bonds. The number of benzene rings is 1. The predicted octanol–water partition coefficient (Wildman–Crippen LogP) is 2.87. The van der Waals surface area contributed by atoms with E-state index in [2.05, 4.69) is 10.3 Å². The third-order valence-corrected chi connectivity index (χ3v) is 3.21. The summed E-state index contributed by atoms with van der Waals surface area (Å²) < 4.78 is 1.77. The van der Waals surface area contributed by atoms with Crippen LogP contribution in [-0.2, 0) is 11.2 Å². The van der Waals surface area contributed by atoms with E-state index in [1.165, 1.54) is 6.07 Å². The Bertz CT molecular complexity index is 814. The lowest BCUT2D eigenvalue weighted by Gasteiger charge is -2.05. The Kier molecular flexibility index (Phi) is 3.50. The van der Waals surface area contributed by atoms with Crippen molar-refractivity contribution in [1.29, 1.82) is 0 Å². The maximum atomic E-state index is 12.0. The number of anilines is 1. The zero-order valence-corrected chi connectivity index (χ0v) is 11.7. The average molecular weight is 302 g/mol. The van der Waals surface area contributed by atoms with E-state index in [0.717, 1.165) is 5.65 Å². The second-order valence-corrected chi connectivity index (χ2v) is 5.02. The molecule has 0 aliphatic rings. The fraction of sp³-hybridized carbons (Fsp3) is 0.0667. The zero-order valence-electron chi connectivity index (χ0n) is 11.0. The number of phenols is 1. The van der Waals surface area contributed by atoms with Crippen molar-refractivity contribution in [1.82, 2.24) is 9.38 Å². The molecule has 0 saturated carbocycles. The second-order valence-electron chi connectivity index (χ2n) is 4.59. The number of halogens is 1. The number of imidazole rings is 1. The molecule has 6 heteroatoms. The first-order valence-electron chi connectivity index (χ1n) is 6.33. The molecule has 0 unspecified atom stereocenters. The van der Waals surface area contributed by atoms with Gasteiger partial charge in [-0.3, -0.25) is 4.79 Å². The lowest BCUT2D eigenvalue weighted by atomic mass is 10.2. The first-order chi connectivity index (χ1) is 10.1. The van der Waals surface area contributed by atoms with Crippen molar-refractivity contribution in [2.24, 2.45) is 0 Å². The number of nitrogens with zero attached hydrogens (tertiary/aromatic N) is 2. The maximum absolute atomic E-state index is 12.0. The molecule has 2 aromatic heterocycles. The molecule has 0 aliphatic heterocycles. The van der Waals surface area contributed by atoms with Crippen molar-refractivity contribution >= 4 is 28.8 Å². The van der Waals surface area contributed by atoms with Crippen molar-refractivity contribution in [2.45, 2.75) is 6.42 Å². The largest absolute Gasteiger partial charge is 0.506 e. The highest BCUT2D eigenvalue weighted by Gasteiger charge is 2.10. The van der Waals surface area contributed by atoms with Crippen LogP contribution in [0.1, 0.15) is 5.69 Å². The van der Waals surface area contributed by atoms with E-state index in [4.69, 9.17) is 11.6 Å². The molecular formula is C15H12ClN3O2. The number of rotatable bonds is 3. The van der Waals surface area contributed by atoms with Gasteiger partial charge in [-0.25, -0.2) is 4.98 Å². The molecule has 2 N–H and O–H groups in total. The fourth-order valence-electron chi connectivity index (χ4n) is 2.04. The molecular weight excluding hydrogens is 290 g/mol. The Balaban J connectivity index is 1.75. The monoisotopic (exact) mass is 301 g/mol. The van der Waals surface area contributed by atoms with Crippen molar-refractivity contribution in [3.63, 3.8) is 0 Å². The van der Waals surface area contributed by atoms with Crippen LogP contribution in [0, 0.1) is 0 Å². The van der Waals surface area contributed by atoms with Crippen LogP contribution in [0.5, 0.6) is 5.75 Å². The number of pyridine rings is 1. The molecule has 0 saturated heterocycles. The van der Waals surface area contributed by atoms with E-state index in [-0.39, 0.29) is 18.1 Å².